The van der Waals surface area contributed by atoms with Gasteiger partial charge in [0.15, 0.2) is 0 Å². The lowest BCUT2D eigenvalue weighted by Crippen LogP contribution is -2.50. The Morgan fingerprint density at radius 1 is 1.05 bits per heavy atom. The Bertz CT molecular complexity index is 1620. The molecular formula is C32H38N4O6S. The Labute approximate surface area is 252 Å². The molecule has 2 aliphatic heterocycles. The van der Waals surface area contributed by atoms with E-state index in [2.05, 4.69) is 34.3 Å². The van der Waals surface area contributed by atoms with Gasteiger partial charge in [-0.25, -0.2) is 17.9 Å². The lowest BCUT2D eigenvalue weighted by molar-refractivity contribution is -0.0158. The lowest BCUT2D eigenvalue weighted by Gasteiger charge is -2.38. The predicted molar refractivity (Wildman–Crippen MR) is 162 cm³/mol. The molecule has 3 amide bonds. The van der Waals surface area contributed by atoms with Gasteiger partial charge in [-0.2, -0.15) is 0 Å². The molecule has 3 heterocycles. The number of sulfonamides is 1. The number of rotatable bonds is 9. The van der Waals surface area contributed by atoms with E-state index in [1.165, 1.54) is 26.0 Å². The normalized spacial score (nSPS) is 21.7. The minimum Gasteiger partial charge on any atom is -0.373 e. The molecule has 43 heavy (non-hydrogen) atoms. The first-order valence-corrected chi connectivity index (χ1v) is 16.6. The highest BCUT2D eigenvalue weighted by Crippen LogP contribution is 2.45. The molecule has 6 rings (SSSR count). The molecule has 2 atom stereocenters. The van der Waals surface area contributed by atoms with Crippen molar-refractivity contribution in [3.05, 3.63) is 71.0 Å². The number of piperidine rings is 1. The van der Waals surface area contributed by atoms with Crippen LogP contribution in [0, 0.1) is 6.92 Å². The molecule has 0 spiro atoms. The van der Waals surface area contributed by atoms with Crippen LogP contribution in [0.2, 0.25) is 0 Å². The summed E-state index contributed by atoms with van der Waals surface area (Å²) in [4.78, 5) is 27.8. The van der Waals surface area contributed by atoms with E-state index in [9.17, 15) is 18.0 Å². The number of aryl methyl sites for hydroxylation is 1. The van der Waals surface area contributed by atoms with Crippen molar-refractivity contribution in [1.29, 1.82) is 0 Å². The van der Waals surface area contributed by atoms with Crippen LogP contribution in [0.3, 0.4) is 0 Å². The number of hydrogen-bond acceptors (Lipinski definition) is 7. The third kappa shape index (κ3) is 6.19. The summed E-state index contributed by atoms with van der Waals surface area (Å²) in [6.07, 6.45) is 5.52. The minimum atomic E-state index is -3.77. The topological polar surface area (TPSA) is 131 Å². The first-order chi connectivity index (χ1) is 20.6. The summed E-state index contributed by atoms with van der Waals surface area (Å²) in [5, 5.41) is 6.63. The van der Waals surface area contributed by atoms with Gasteiger partial charge in [0.05, 0.1) is 18.0 Å². The van der Waals surface area contributed by atoms with Crippen molar-refractivity contribution < 1.29 is 27.3 Å². The van der Waals surface area contributed by atoms with Crippen molar-refractivity contribution in [2.75, 3.05) is 5.32 Å². The van der Waals surface area contributed by atoms with E-state index in [1.54, 1.807) is 12.1 Å². The molecule has 3 fully saturated rings. The molecule has 11 heteroatoms. The van der Waals surface area contributed by atoms with E-state index < -0.39 is 21.2 Å². The highest BCUT2D eigenvalue weighted by Gasteiger charge is 2.44. The second-order valence-corrected chi connectivity index (χ2v) is 14.4. The third-order valence-corrected chi connectivity index (χ3v) is 10.5. The van der Waals surface area contributed by atoms with Crippen molar-refractivity contribution in [2.45, 2.75) is 95.3 Å². The van der Waals surface area contributed by atoms with Gasteiger partial charge in [-0.3, -0.25) is 4.79 Å². The van der Waals surface area contributed by atoms with Crippen LogP contribution >= 0.6 is 0 Å². The van der Waals surface area contributed by atoms with Gasteiger partial charge in [0, 0.05) is 40.4 Å². The summed E-state index contributed by atoms with van der Waals surface area (Å²) in [5.41, 5.74) is 4.68. The number of amides is 3. The minimum absolute atomic E-state index is 0.0168. The SMILES string of the molecule is Cc1ccccc1-c1noc(C2CC2)c1COC1CC2CCC(C1)N2C(=O)Nc1cccc(C(=O)NS(=O)(=O)C(C)C)c1. The lowest BCUT2D eigenvalue weighted by atomic mass is 9.99. The molecule has 1 aliphatic carbocycles. The van der Waals surface area contributed by atoms with Gasteiger partial charge < -0.3 is 19.5 Å². The van der Waals surface area contributed by atoms with Gasteiger partial charge in [0.2, 0.25) is 10.0 Å². The maximum Gasteiger partial charge on any atom is 0.322 e. The van der Waals surface area contributed by atoms with Crippen molar-refractivity contribution in [2.24, 2.45) is 0 Å². The van der Waals surface area contributed by atoms with E-state index in [4.69, 9.17) is 9.26 Å². The fourth-order valence-electron chi connectivity index (χ4n) is 6.21. The number of ether oxygens (including phenoxy) is 1. The molecule has 2 N–H and O–H groups in total. The zero-order chi connectivity index (χ0) is 30.3. The van der Waals surface area contributed by atoms with Gasteiger partial charge in [-0.1, -0.05) is 35.5 Å². The number of fused-ring (bicyclic) bond motifs is 2. The Balaban J connectivity index is 1.09. The average Bonchev–Trinajstić information content (AvgIpc) is 3.67. The first kappa shape index (κ1) is 29.4. The number of carbonyl (C=O) groups excluding carboxylic acids is 2. The first-order valence-electron chi connectivity index (χ1n) is 15.0. The van der Waals surface area contributed by atoms with Gasteiger partial charge >= 0.3 is 6.03 Å². The number of nitrogens with zero attached hydrogens (tertiary/aromatic N) is 2. The van der Waals surface area contributed by atoms with Gasteiger partial charge in [-0.15, -0.1) is 0 Å². The van der Waals surface area contributed by atoms with Crippen LogP contribution in [-0.2, 0) is 21.4 Å². The monoisotopic (exact) mass is 606 g/mol. The number of nitrogens with one attached hydrogen (secondary N) is 2. The van der Waals surface area contributed by atoms with Crippen LogP contribution in [0.5, 0.6) is 0 Å². The Kier molecular flexibility index (Phi) is 8.04. The van der Waals surface area contributed by atoms with Crippen LogP contribution in [0.1, 0.15) is 85.5 Å². The summed E-state index contributed by atoms with van der Waals surface area (Å²) >= 11 is 0. The van der Waals surface area contributed by atoms with Crippen molar-refractivity contribution in [3.8, 4) is 11.3 Å². The van der Waals surface area contributed by atoms with Gasteiger partial charge in [0.25, 0.3) is 5.91 Å². The molecule has 228 valence electrons. The van der Waals surface area contributed by atoms with Crippen LogP contribution in [0.15, 0.2) is 53.1 Å². The number of carbonyl (C=O) groups is 2. The summed E-state index contributed by atoms with van der Waals surface area (Å²) in [5.74, 6) is 0.622. The third-order valence-electron chi connectivity index (χ3n) is 8.79. The number of benzene rings is 2. The summed E-state index contributed by atoms with van der Waals surface area (Å²) in [6, 6.07) is 14.4. The quantitative estimate of drug-likeness (QED) is 0.318. The standard InChI is InChI=1S/C32H38N4O6S/c1-19(2)43(39,40)35-31(37)22-8-6-9-23(15-22)33-32(38)36-24-13-14-25(36)17-26(16-24)41-18-28-29(27-10-5-4-7-20(27)3)34-42-30(28)21-11-12-21/h4-10,15,19,21,24-26H,11-14,16-18H2,1-3H3,(H,33,38)(H,35,37). The number of urea groups is 1. The van der Waals surface area contributed by atoms with E-state index in [1.807, 2.05) is 17.0 Å². The van der Waals surface area contributed by atoms with Crippen molar-refractivity contribution in [1.82, 2.24) is 14.8 Å². The molecule has 2 saturated heterocycles. The van der Waals surface area contributed by atoms with E-state index in [-0.39, 0.29) is 29.8 Å². The van der Waals surface area contributed by atoms with Crippen molar-refractivity contribution >= 4 is 27.6 Å². The molecule has 3 aromatic rings. The summed E-state index contributed by atoms with van der Waals surface area (Å²) in [7, 11) is -3.77. The maximum atomic E-state index is 13.4. The molecule has 0 radical (unpaired) electrons. The number of hydrogen-bond donors (Lipinski definition) is 2. The molecule has 1 aromatic heterocycles. The average molecular weight is 607 g/mol. The Morgan fingerprint density at radius 3 is 2.44 bits per heavy atom. The molecule has 10 nitrogen and oxygen atoms in total. The largest absolute Gasteiger partial charge is 0.373 e. The molecule has 1 saturated carbocycles. The number of anilines is 1. The van der Waals surface area contributed by atoms with Gasteiger partial charge in [-0.05, 0) is 83.1 Å². The second kappa shape index (κ2) is 11.8. The van der Waals surface area contributed by atoms with Crippen LogP contribution < -0.4 is 10.0 Å². The molecular weight excluding hydrogens is 568 g/mol. The summed E-state index contributed by atoms with van der Waals surface area (Å²) < 4.78 is 38.7. The molecule has 3 aliphatic rings. The highest BCUT2D eigenvalue weighted by atomic mass is 32.2. The summed E-state index contributed by atoms with van der Waals surface area (Å²) in [6.45, 7) is 5.50. The highest BCUT2D eigenvalue weighted by molar-refractivity contribution is 7.90. The predicted octanol–water partition coefficient (Wildman–Crippen LogP) is 5.74. The van der Waals surface area contributed by atoms with Crippen LogP contribution in [-0.4, -0.2) is 53.9 Å². The Morgan fingerprint density at radius 2 is 1.77 bits per heavy atom. The second-order valence-electron chi connectivity index (χ2n) is 12.2. The van der Waals surface area contributed by atoms with Crippen LogP contribution in [0.4, 0.5) is 10.5 Å². The fourth-order valence-corrected chi connectivity index (χ4v) is 6.82. The van der Waals surface area contributed by atoms with Crippen molar-refractivity contribution in [3.63, 3.8) is 0 Å². The molecule has 2 unspecified atom stereocenters. The zero-order valence-corrected chi connectivity index (χ0v) is 25.5. The fraction of sp³-hybridized carbons (Fsp3) is 0.469. The maximum absolute atomic E-state index is 13.4. The zero-order valence-electron chi connectivity index (χ0n) is 24.7. The Hall–Kier alpha value is -3.70. The van der Waals surface area contributed by atoms with E-state index in [0.717, 1.165) is 66.7 Å². The number of aromatic nitrogens is 1. The van der Waals surface area contributed by atoms with E-state index >= 15 is 0 Å². The molecule has 2 bridgehead atoms. The molecule has 2 aromatic carbocycles. The van der Waals surface area contributed by atoms with Gasteiger partial charge in [0.1, 0.15) is 11.5 Å². The van der Waals surface area contributed by atoms with Crippen LogP contribution in [0.25, 0.3) is 11.3 Å². The smallest absolute Gasteiger partial charge is 0.322 e. The van der Waals surface area contributed by atoms with E-state index in [0.29, 0.717) is 18.2 Å².